The SMILES string of the molecule is CCOC(=O)c1c2ccccc2n2cc(-c3ccc(C(=O)OC)cc3)c3ccccc3c12. The third-order valence-electron chi connectivity index (χ3n) is 5.74. The highest BCUT2D eigenvalue weighted by molar-refractivity contribution is 6.19. The molecule has 0 N–H and O–H groups in total. The number of rotatable bonds is 4. The fraction of sp³-hybridized carbons (Fsp3) is 0.111. The number of carbonyl (C=O) groups is 2. The number of pyridine rings is 1. The van der Waals surface area contributed by atoms with Crippen LogP contribution in [0.3, 0.4) is 0 Å². The summed E-state index contributed by atoms with van der Waals surface area (Å²) in [5.74, 6) is -0.695. The van der Waals surface area contributed by atoms with E-state index in [0.717, 1.165) is 38.3 Å². The van der Waals surface area contributed by atoms with Gasteiger partial charge in [0.2, 0.25) is 0 Å². The van der Waals surface area contributed by atoms with Crippen molar-refractivity contribution in [3.8, 4) is 11.1 Å². The van der Waals surface area contributed by atoms with E-state index in [1.165, 1.54) is 7.11 Å². The van der Waals surface area contributed by atoms with E-state index < -0.39 is 0 Å². The van der Waals surface area contributed by atoms with Gasteiger partial charge in [-0.2, -0.15) is 0 Å². The Labute approximate surface area is 184 Å². The lowest BCUT2D eigenvalue weighted by Crippen LogP contribution is -2.05. The maximum atomic E-state index is 13.0. The molecule has 0 bridgehead atoms. The van der Waals surface area contributed by atoms with Gasteiger partial charge in [-0.15, -0.1) is 0 Å². The van der Waals surface area contributed by atoms with Gasteiger partial charge in [0.25, 0.3) is 0 Å². The molecule has 0 aliphatic carbocycles. The van der Waals surface area contributed by atoms with E-state index >= 15 is 0 Å². The first-order chi connectivity index (χ1) is 15.6. The Balaban J connectivity index is 1.86. The molecular formula is C27H21NO4. The van der Waals surface area contributed by atoms with E-state index in [-0.39, 0.29) is 11.9 Å². The van der Waals surface area contributed by atoms with Gasteiger partial charge < -0.3 is 13.9 Å². The molecule has 0 spiro atoms. The van der Waals surface area contributed by atoms with Crippen LogP contribution in [-0.4, -0.2) is 30.1 Å². The van der Waals surface area contributed by atoms with Gasteiger partial charge in [-0.25, -0.2) is 9.59 Å². The highest BCUT2D eigenvalue weighted by atomic mass is 16.5. The molecule has 32 heavy (non-hydrogen) atoms. The number of esters is 2. The molecule has 5 nitrogen and oxygen atoms in total. The number of carbonyl (C=O) groups excluding carboxylic acids is 2. The molecular weight excluding hydrogens is 402 g/mol. The van der Waals surface area contributed by atoms with Crippen LogP contribution in [0, 0.1) is 0 Å². The van der Waals surface area contributed by atoms with Crippen molar-refractivity contribution in [3.63, 3.8) is 0 Å². The lowest BCUT2D eigenvalue weighted by molar-refractivity contribution is 0.0530. The second kappa shape index (κ2) is 7.85. The van der Waals surface area contributed by atoms with Gasteiger partial charge in [0.1, 0.15) is 0 Å². The number of ether oxygens (including phenoxy) is 2. The van der Waals surface area contributed by atoms with Crippen molar-refractivity contribution >= 4 is 39.1 Å². The van der Waals surface area contributed by atoms with Crippen LogP contribution >= 0.6 is 0 Å². The van der Waals surface area contributed by atoms with E-state index in [1.807, 2.05) is 67.6 Å². The predicted molar refractivity (Wildman–Crippen MR) is 125 cm³/mol. The van der Waals surface area contributed by atoms with E-state index in [9.17, 15) is 9.59 Å². The summed E-state index contributed by atoms with van der Waals surface area (Å²) < 4.78 is 12.3. The molecule has 5 heteroatoms. The maximum Gasteiger partial charge on any atom is 0.340 e. The topological polar surface area (TPSA) is 57.0 Å². The van der Waals surface area contributed by atoms with Crippen LogP contribution in [0.5, 0.6) is 0 Å². The minimum absolute atomic E-state index is 0.313. The van der Waals surface area contributed by atoms with E-state index in [4.69, 9.17) is 9.47 Å². The Morgan fingerprint density at radius 2 is 1.47 bits per heavy atom. The minimum Gasteiger partial charge on any atom is -0.465 e. The van der Waals surface area contributed by atoms with Crippen molar-refractivity contribution in [1.82, 2.24) is 4.40 Å². The Kier molecular flexibility index (Phi) is 4.86. The number of nitrogens with zero attached hydrogens (tertiary/aromatic N) is 1. The molecule has 0 fully saturated rings. The minimum atomic E-state index is -0.368. The van der Waals surface area contributed by atoms with Crippen molar-refractivity contribution in [2.45, 2.75) is 6.92 Å². The lowest BCUT2D eigenvalue weighted by atomic mass is 9.98. The lowest BCUT2D eigenvalue weighted by Gasteiger charge is -2.12. The monoisotopic (exact) mass is 423 g/mol. The summed E-state index contributed by atoms with van der Waals surface area (Å²) in [5.41, 5.74) is 4.80. The van der Waals surface area contributed by atoms with Gasteiger partial charge in [0.05, 0.1) is 35.9 Å². The molecule has 0 saturated heterocycles. The summed E-state index contributed by atoms with van der Waals surface area (Å²) in [4.78, 5) is 24.8. The molecule has 0 saturated carbocycles. The number of hydrogen-bond donors (Lipinski definition) is 0. The zero-order valence-electron chi connectivity index (χ0n) is 17.8. The summed E-state index contributed by atoms with van der Waals surface area (Å²) >= 11 is 0. The van der Waals surface area contributed by atoms with Gasteiger partial charge in [-0.1, -0.05) is 54.6 Å². The molecule has 0 atom stereocenters. The van der Waals surface area contributed by atoms with Crippen molar-refractivity contribution in [2.75, 3.05) is 13.7 Å². The highest BCUT2D eigenvalue weighted by Crippen LogP contribution is 2.37. The first-order valence-corrected chi connectivity index (χ1v) is 10.4. The van der Waals surface area contributed by atoms with Gasteiger partial charge in [-0.05, 0) is 36.1 Å². The summed E-state index contributed by atoms with van der Waals surface area (Å²) in [6, 6.07) is 23.2. The molecule has 0 aliphatic heterocycles. The van der Waals surface area contributed by atoms with Crippen molar-refractivity contribution in [2.24, 2.45) is 0 Å². The van der Waals surface area contributed by atoms with Gasteiger partial charge in [-0.3, -0.25) is 0 Å². The van der Waals surface area contributed by atoms with Gasteiger partial charge in [0, 0.05) is 22.5 Å². The van der Waals surface area contributed by atoms with Crippen molar-refractivity contribution in [3.05, 3.63) is 90.1 Å². The van der Waals surface area contributed by atoms with Gasteiger partial charge in [0.15, 0.2) is 0 Å². The third-order valence-corrected chi connectivity index (χ3v) is 5.74. The molecule has 0 unspecified atom stereocenters. The zero-order valence-corrected chi connectivity index (χ0v) is 17.8. The fourth-order valence-electron chi connectivity index (χ4n) is 4.33. The molecule has 158 valence electrons. The molecule has 5 aromatic rings. The summed E-state index contributed by atoms with van der Waals surface area (Å²) in [5, 5.41) is 2.83. The Bertz CT molecular complexity index is 1500. The van der Waals surface area contributed by atoms with Crippen molar-refractivity contribution < 1.29 is 19.1 Å². The molecule has 2 heterocycles. The maximum absolute atomic E-state index is 13.0. The van der Waals surface area contributed by atoms with E-state index in [1.54, 1.807) is 12.1 Å². The fourth-order valence-corrected chi connectivity index (χ4v) is 4.33. The number of aromatic nitrogens is 1. The van der Waals surface area contributed by atoms with Crippen molar-refractivity contribution in [1.29, 1.82) is 0 Å². The number of para-hydroxylation sites is 1. The van der Waals surface area contributed by atoms with Crippen LogP contribution in [0.2, 0.25) is 0 Å². The Hall–Kier alpha value is -4.12. The summed E-state index contributed by atoms with van der Waals surface area (Å²) in [7, 11) is 1.37. The van der Waals surface area contributed by atoms with Crippen LogP contribution in [0.1, 0.15) is 27.6 Å². The number of benzene rings is 3. The first-order valence-electron chi connectivity index (χ1n) is 10.4. The summed E-state index contributed by atoms with van der Waals surface area (Å²) in [6.45, 7) is 2.12. The largest absolute Gasteiger partial charge is 0.465 e. The Morgan fingerprint density at radius 3 is 2.16 bits per heavy atom. The third kappa shape index (κ3) is 3.02. The normalized spacial score (nSPS) is 11.2. The smallest absolute Gasteiger partial charge is 0.340 e. The highest BCUT2D eigenvalue weighted by Gasteiger charge is 2.22. The predicted octanol–water partition coefficient (Wildman–Crippen LogP) is 5.88. The standard InChI is InChI=1S/C27H21NO4/c1-3-32-27(30)24-21-10-6-7-11-23(21)28-16-22(19-8-4-5-9-20(19)25(24)28)17-12-14-18(15-13-17)26(29)31-2/h4-16H,3H2,1-2H3. The average molecular weight is 423 g/mol. The molecule has 0 aliphatic rings. The molecule has 3 aromatic carbocycles. The van der Waals surface area contributed by atoms with Crippen LogP contribution in [0.4, 0.5) is 0 Å². The second-order valence-corrected chi connectivity index (χ2v) is 7.49. The first kappa shape index (κ1) is 19.8. The molecule has 0 amide bonds. The zero-order chi connectivity index (χ0) is 22.2. The Morgan fingerprint density at radius 1 is 0.812 bits per heavy atom. The summed E-state index contributed by atoms with van der Waals surface area (Å²) in [6.07, 6.45) is 2.05. The molecule has 5 rings (SSSR count). The van der Waals surface area contributed by atoms with Crippen LogP contribution in [0.15, 0.2) is 79.0 Å². The van der Waals surface area contributed by atoms with E-state index in [0.29, 0.717) is 17.7 Å². The van der Waals surface area contributed by atoms with Gasteiger partial charge >= 0.3 is 11.9 Å². The van der Waals surface area contributed by atoms with Crippen LogP contribution < -0.4 is 0 Å². The van der Waals surface area contributed by atoms with E-state index in [2.05, 4.69) is 10.6 Å². The van der Waals surface area contributed by atoms with Crippen LogP contribution in [0.25, 0.3) is 38.3 Å². The number of methoxy groups -OCH3 is 1. The second-order valence-electron chi connectivity index (χ2n) is 7.49. The van der Waals surface area contributed by atoms with Crippen LogP contribution in [-0.2, 0) is 9.47 Å². The quantitative estimate of drug-likeness (QED) is 0.339. The molecule has 0 radical (unpaired) electrons. The number of hydrogen-bond acceptors (Lipinski definition) is 4. The molecule has 2 aromatic heterocycles. The average Bonchev–Trinajstić information content (AvgIpc) is 3.18. The number of fused-ring (bicyclic) bond motifs is 5.